The first kappa shape index (κ1) is 15.1. The van der Waals surface area contributed by atoms with Gasteiger partial charge in [0, 0.05) is 26.2 Å². The SMILES string of the molecule is CCOC1CCN(C(=O)N2CCCC2(C)C(=O)O)CC1. The van der Waals surface area contributed by atoms with Crippen molar-refractivity contribution in [2.45, 2.75) is 51.2 Å². The molecule has 6 nitrogen and oxygen atoms in total. The number of piperidine rings is 1. The first-order chi connectivity index (χ1) is 9.49. The summed E-state index contributed by atoms with van der Waals surface area (Å²) in [6, 6.07) is -0.137. The van der Waals surface area contributed by atoms with Gasteiger partial charge in [0.2, 0.25) is 0 Å². The van der Waals surface area contributed by atoms with E-state index in [-0.39, 0.29) is 12.1 Å². The first-order valence-electron chi connectivity index (χ1n) is 7.40. The Morgan fingerprint density at radius 3 is 2.50 bits per heavy atom. The van der Waals surface area contributed by atoms with Crippen LogP contribution in [0.3, 0.4) is 0 Å². The third-order valence-corrected chi connectivity index (χ3v) is 4.45. The van der Waals surface area contributed by atoms with Crippen LogP contribution in [0.25, 0.3) is 0 Å². The van der Waals surface area contributed by atoms with Crippen molar-refractivity contribution in [2.24, 2.45) is 0 Å². The number of carbonyl (C=O) groups is 2. The van der Waals surface area contributed by atoms with Gasteiger partial charge in [0.25, 0.3) is 0 Å². The Bertz CT molecular complexity index is 379. The van der Waals surface area contributed by atoms with E-state index < -0.39 is 11.5 Å². The van der Waals surface area contributed by atoms with E-state index in [9.17, 15) is 14.7 Å². The smallest absolute Gasteiger partial charge is 0.329 e. The lowest BCUT2D eigenvalue weighted by Crippen LogP contribution is -2.56. The highest BCUT2D eigenvalue weighted by atomic mass is 16.5. The van der Waals surface area contributed by atoms with Crippen LogP contribution in [-0.2, 0) is 9.53 Å². The average molecular weight is 284 g/mol. The molecule has 0 radical (unpaired) electrons. The fourth-order valence-corrected chi connectivity index (χ4v) is 3.11. The molecule has 0 aromatic carbocycles. The number of rotatable bonds is 3. The molecule has 0 aromatic rings. The molecule has 114 valence electrons. The lowest BCUT2D eigenvalue weighted by atomic mass is 9.99. The van der Waals surface area contributed by atoms with Crippen LogP contribution in [0.15, 0.2) is 0 Å². The first-order valence-corrected chi connectivity index (χ1v) is 7.40. The number of aliphatic carboxylic acids is 1. The molecule has 0 aliphatic carbocycles. The molecule has 0 bridgehead atoms. The van der Waals surface area contributed by atoms with Crippen molar-refractivity contribution in [1.29, 1.82) is 0 Å². The number of hydrogen-bond donors (Lipinski definition) is 1. The lowest BCUT2D eigenvalue weighted by Gasteiger charge is -2.38. The molecule has 1 N–H and O–H groups in total. The van der Waals surface area contributed by atoms with Gasteiger partial charge >= 0.3 is 12.0 Å². The second kappa shape index (κ2) is 5.99. The summed E-state index contributed by atoms with van der Waals surface area (Å²) in [5.74, 6) is -0.910. The molecule has 0 saturated carbocycles. The van der Waals surface area contributed by atoms with Crippen LogP contribution < -0.4 is 0 Å². The van der Waals surface area contributed by atoms with Crippen LogP contribution in [0.2, 0.25) is 0 Å². The maximum Gasteiger partial charge on any atom is 0.329 e. The minimum atomic E-state index is -1.05. The van der Waals surface area contributed by atoms with Gasteiger partial charge in [0.1, 0.15) is 5.54 Å². The molecule has 2 rings (SSSR count). The van der Waals surface area contributed by atoms with E-state index in [0.717, 1.165) is 19.3 Å². The molecule has 2 amide bonds. The van der Waals surface area contributed by atoms with Crippen LogP contribution in [0.4, 0.5) is 4.79 Å². The van der Waals surface area contributed by atoms with Gasteiger partial charge in [-0.15, -0.1) is 0 Å². The zero-order valence-electron chi connectivity index (χ0n) is 12.3. The number of urea groups is 1. The summed E-state index contributed by atoms with van der Waals surface area (Å²) in [4.78, 5) is 27.2. The summed E-state index contributed by atoms with van der Waals surface area (Å²) in [5.41, 5.74) is -1.05. The highest BCUT2D eigenvalue weighted by Gasteiger charge is 2.47. The Morgan fingerprint density at radius 1 is 1.30 bits per heavy atom. The lowest BCUT2D eigenvalue weighted by molar-refractivity contribution is -0.147. The fraction of sp³-hybridized carbons (Fsp3) is 0.857. The van der Waals surface area contributed by atoms with Gasteiger partial charge in [0.15, 0.2) is 0 Å². The van der Waals surface area contributed by atoms with Gasteiger partial charge in [0.05, 0.1) is 6.10 Å². The number of carboxylic acid groups (broad SMARTS) is 1. The molecule has 0 aromatic heterocycles. The summed E-state index contributed by atoms with van der Waals surface area (Å²) < 4.78 is 5.57. The number of ether oxygens (including phenoxy) is 1. The minimum absolute atomic E-state index is 0.137. The topological polar surface area (TPSA) is 70.1 Å². The van der Waals surface area contributed by atoms with Gasteiger partial charge in [-0.1, -0.05) is 0 Å². The predicted molar refractivity (Wildman–Crippen MR) is 73.6 cm³/mol. The second-order valence-corrected chi connectivity index (χ2v) is 5.76. The molecule has 6 heteroatoms. The molecule has 0 spiro atoms. The van der Waals surface area contributed by atoms with Crippen molar-refractivity contribution in [3.63, 3.8) is 0 Å². The second-order valence-electron chi connectivity index (χ2n) is 5.76. The average Bonchev–Trinajstić information content (AvgIpc) is 2.83. The Morgan fingerprint density at radius 2 is 1.95 bits per heavy atom. The van der Waals surface area contributed by atoms with E-state index in [4.69, 9.17) is 4.74 Å². The van der Waals surface area contributed by atoms with Crippen molar-refractivity contribution in [2.75, 3.05) is 26.2 Å². The normalized spacial score (nSPS) is 27.9. The molecule has 2 aliphatic heterocycles. The number of carbonyl (C=O) groups excluding carboxylic acids is 1. The van der Waals surface area contributed by atoms with E-state index >= 15 is 0 Å². The quantitative estimate of drug-likeness (QED) is 0.853. The van der Waals surface area contributed by atoms with Crippen molar-refractivity contribution >= 4 is 12.0 Å². The van der Waals surface area contributed by atoms with Gasteiger partial charge in [-0.2, -0.15) is 0 Å². The van der Waals surface area contributed by atoms with E-state index in [1.165, 1.54) is 4.90 Å². The molecular weight excluding hydrogens is 260 g/mol. The van der Waals surface area contributed by atoms with Gasteiger partial charge in [-0.25, -0.2) is 9.59 Å². The van der Waals surface area contributed by atoms with Gasteiger partial charge < -0.3 is 19.6 Å². The number of likely N-dealkylation sites (tertiary alicyclic amines) is 2. The minimum Gasteiger partial charge on any atom is -0.480 e. The molecule has 2 saturated heterocycles. The highest BCUT2D eigenvalue weighted by Crippen LogP contribution is 2.31. The van der Waals surface area contributed by atoms with Crippen molar-refractivity contribution < 1.29 is 19.4 Å². The van der Waals surface area contributed by atoms with Crippen LogP contribution in [-0.4, -0.2) is 64.8 Å². The van der Waals surface area contributed by atoms with Crippen molar-refractivity contribution in [1.82, 2.24) is 9.80 Å². The summed E-state index contributed by atoms with van der Waals surface area (Å²) >= 11 is 0. The Hall–Kier alpha value is -1.30. The summed E-state index contributed by atoms with van der Waals surface area (Å²) in [6.07, 6.45) is 3.18. The third-order valence-electron chi connectivity index (χ3n) is 4.45. The standard InChI is InChI=1S/C14H24N2O4/c1-3-20-11-5-9-15(10-6-11)13(19)16-8-4-7-14(16,2)12(17)18/h11H,3-10H2,1-2H3,(H,17,18). The molecule has 20 heavy (non-hydrogen) atoms. The van der Waals surface area contributed by atoms with E-state index in [1.54, 1.807) is 11.8 Å². The fourth-order valence-electron chi connectivity index (χ4n) is 3.11. The van der Waals surface area contributed by atoms with E-state index in [0.29, 0.717) is 32.7 Å². The van der Waals surface area contributed by atoms with E-state index in [2.05, 4.69) is 0 Å². The molecule has 2 heterocycles. The van der Waals surface area contributed by atoms with Crippen LogP contribution in [0.1, 0.15) is 39.5 Å². The molecule has 2 fully saturated rings. The zero-order valence-corrected chi connectivity index (χ0v) is 12.3. The van der Waals surface area contributed by atoms with Crippen LogP contribution in [0, 0.1) is 0 Å². The number of amides is 2. The summed E-state index contributed by atoms with van der Waals surface area (Å²) in [5, 5.41) is 9.37. The molecule has 1 atom stereocenters. The maximum absolute atomic E-state index is 12.5. The highest BCUT2D eigenvalue weighted by molar-refractivity contribution is 5.86. The number of hydrogen-bond acceptors (Lipinski definition) is 3. The maximum atomic E-state index is 12.5. The number of carboxylic acids is 1. The molecule has 2 aliphatic rings. The zero-order chi connectivity index (χ0) is 14.8. The van der Waals surface area contributed by atoms with E-state index in [1.807, 2.05) is 6.92 Å². The van der Waals surface area contributed by atoms with Gasteiger partial charge in [-0.05, 0) is 39.5 Å². The van der Waals surface area contributed by atoms with Crippen molar-refractivity contribution in [3.8, 4) is 0 Å². The molecule has 1 unspecified atom stereocenters. The Labute approximate surface area is 119 Å². The Kier molecular flexibility index (Phi) is 4.52. The van der Waals surface area contributed by atoms with Crippen LogP contribution >= 0.6 is 0 Å². The monoisotopic (exact) mass is 284 g/mol. The van der Waals surface area contributed by atoms with Crippen LogP contribution in [0.5, 0.6) is 0 Å². The summed E-state index contributed by atoms with van der Waals surface area (Å²) in [6.45, 7) is 6.15. The molecular formula is C14H24N2O4. The Balaban J connectivity index is 1.97. The number of nitrogens with zero attached hydrogens (tertiary/aromatic N) is 2. The van der Waals surface area contributed by atoms with Gasteiger partial charge in [-0.3, -0.25) is 0 Å². The largest absolute Gasteiger partial charge is 0.480 e. The predicted octanol–water partition coefficient (Wildman–Crippen LogP) is 1.55. The van der Waals surface area contributed by atoms with Crippen molar-refractivity contribution in [3.05, 3.63) is 0 Å². The summed E-state index contributed by atoms with van der Waals surface area (Å²) in [7, 11) is 0. The third kappa shape index (κ3) is 2.75.